The predicted octanol–water partition coefficient (Wildman–Crippen LogP) is 6.12. The molecule has 0 aliphatic rings. The first-order chi connectivity index (χ1) is 14.4. The zero-order chi connectivity index (χ0) is 23.6. The maximum Gasteiger partial charge on any atom is 0.200 e. The molecule has 0 aromatic heterocycles. The minimum Gasteiger partial charge on any atom is -0.297 e. The SMILES string of the molecule is O=[N+]([O-])[C-]=C(SCc1c(F)c(F)c(F)c(F)c1F)SCc1c(F)c(F)c(F)c(F)c1F. The molecule has 2 aromatic carbocycles. The van der Waals surface area contributed by atoms with Crippen LogP contribution in [-0.2, 0) is 11.5 Å². The van der Waals surface area contributed by atoms with Crippen molar-refractivity contribution < 1.29 is 48.8 Å². The molecule has 2 aromatic rings. The van der Waals surface area contributed by atoms with Crippen LogP contribution < -0.4 is 0 Å². The van der Waals surface area contributed by atoms with Crippen LogP contribution >= 0.6 is 23.5 Å². The number of nitrogens with zero attached hydrogens (tertiary/aromatic N) is 1. The molecule has 0 aliphatic heterocycles. The Morgan fingerprint density at radius 3 is 1.13 bits per heavy atom. The zero-order valence-corrected chi connectivity index (χ0v) is 15.9. The molecule has 0 unspecified atom stereocenters. The van der Waals surface area contributed by atoms with E-state index in [0.29, 0.717) is 0 Å². The summed E-state index contributed by atoms with van der Waals surface area (Å²) in [5.74, 6) is -25.0. The third kappa shape index (κ3) is 5.08. The molecule has 0 radical (unpaired) electrons. The van der Waals surface area contributed by atoms with Gasteiger partial charge in [0.25, 0.3) is 0 Å². The second-order valence-electron chi connectivity index (χ2n) is 5.33. The van der Waals surface area contributed by atoms with Gasteiger partial charge in [-0.25, -0.2) is 43.9 Å². The highest BCUT2D eigenvalue weighted by molar-refractivity contribution is 8.21. The summed E-state index contributed by atoms with van der Waals surface area (Å²) in [5.41, 5.74) is -2.72. The maximum absolute atomic E-state index is 13.7. The van der Waals surface area contributed by atoms with E-state index in [0.717, 1.165) is 0 Å². The fourth-order valence-corrected chi connectivity index (χ4v) is 4.03. The van der Waals surface area contributed by atoms with Gasteiger partial charge in [-0.3, -0.25) is 10.1 Å². The van der Waals surface area contributed by atoms with Crippen LogP contribution in [-0.4, -0.2) is 4.92 Å². The van der Waals surface area contributed by atoms with E-state index in [1.807, 2.05) is 0 Å². The summed E-state index contributed by atoms with van der Waals surface area (Å²) >= 11 is 0.163. The van der Waals surface area contributed by atoms with Crippen LogP contribution in [0.2, 0.25) is 0 Å². The van der Waals surface area contributed by atoms with E-state index in [1.54, 1.807) is 0 Å². The molecule has 0 aliphatic carbocycles. The van der Waals surface area contributed by atoms with E-state index in [-0.39, 0.29) is 23.5 Å². The lowest BCUT2D eigenvalue weighted by atomic mass is 10.2. The standard InChI is InChI=1S/C16H4F10NO2S2/c17-7-4(8(18)12(22)15(25)11(7)21)2-30-6(1-27(28)29)31-3-5-9(19)13(23)16(26)14(24)10(5)20/h2-3H2/q-1. The summed E-state index contributed by atoms with van der Waals surface area (Å²) < 4.78 is 133. The molecule has 2 rings (SSSR count). The van der Waals surface area contributed by atoms with E-state index in [4.69, 9.17) is 0 Å². The van der Waals surface area contributed by atoms with Gasteiger partial charge in [-0.15, -0.1) is 28.4 Å². The average molecular weight is 496 g/mol. The Kier molecular flexibility index (Phi) is 7.86. The van der Waals surface area contributed by atoms with E-state index in [1.165, 1.54) is 6.20 Å². The van der Waals surface area contributed by atoms with E-state index >= 15 is 0 Å². The number of thioether (sulfide) groups is 2. The van der Waals surface area contributed by atoms with Crippen LogP contribution in [0.1, 0.15) is 11.1 Å². The number of benzene rings is 2. The van der Waals surface area contributed by atoms with Gasteiger partial charge in [0.1, 0.15) is 0 Å². The zero-order valence-electron chi connectivity index (χ0n) is 14.3. The quantitative estimate of drug-likeness (QED) is 0.0881. The lowest BCUT2D eigenvalue weighted by molar-refractivity contribution is -0.419. The molecule has 15 heteroatoms. The van der Waals surface area contributed by atoms with Crippen molar-refractivity contribution in [2.45, 2.75) is 11.5 Å². The number of nitro groups is 1. The molecule has 31 heavy (non-hydrogen) atoms. The van der Waals surface area contributed by atoms with Crippen LogP contribution in [0.5, 0.6) is 0 Å². The Morgan fingerprint density at radius 1 is 0.613 bits per heavy atom. The normalized spacial score (nSPS) is 11.0. The van der Waals surface area contributed by atoms with Crippen molar-refractivity contribution in [3.8, 4) is 0 Å². The fraction of sp³-hybridized carbons (Fsp3) is 0.125. The lowest BCUT2D eigenvalue weighted by Crippen LogP contribution is -2.07. The van der Waals surface area contributed by atoms with Crippen molar-refractivity contribution in [3.63, 3.8) is 0 Å². The average Bonchev–Trinajstić information content (AvgIpc) is 2.72. The van der Waals surface area contributed by atoms with Crippen molar-refractivity contribution >= 4 is 23.5 Å². The lowest BCUT2D eigenvalue weighted by Gasteiger charge is -2.15. The highest BCUT2D eigenvalue weighted by atomic mass is 32.2. The maximum atomic E-state index is 13.7. The molecular weight excluding hydrogens is 492 g/mol. The van der Waals surface area contributed by atoms with E-state index < -0.39 is 90.0 Å². The third-order valence-corrected chi connectivity index (χ3v) is 5.76. The van der Waals surface area contributed by atoms with Crippen LogP contribution in [0, 0.1) is 74.5 Å². The number of rotatable bonds is 7. The van der Waals surface area contributed by atoms with Gasteiger partial charge in [-0.05, 0) is 0 Å². The minimum atomic E-state index is -2.43. The van der Waals surface area contributed by atoms with Crippen molar-refractivity contribution in [2.24, 2.45) is 0 Å². The Bertz CT molecular complexity index is 960. The summed E-state index contributed by atoms with van der Waals surface area (Å²) in [5, 5.41) is 10.6. The first-order valence-electron chi connectivity index (χ1n) is 7.42. The summed E-state index contributed by atoms with van der Waals surface area (Å²) in [7, 11) is 0. The molecule has 0 fully saturated rings. The molecule has 168 valence electrons. The first-order valence-corrected chi connectivity index (χ1v) is 9.39. The Hall–Kier alpha value is -2.42. The second kappa shape index (κ2) is 9.80. The van der Waals surface area contributed by atoms with Crippen molar-refractivity contribution in [1.82, 2.24) is 0 Å². The molecule has 0 heterocycles. The molecular formula is C16H4F10NO2S2-. The van der Waals surface area contributed by atoms with Gasteiger partial charge in [-0.2, -0.15) is 0 Å². The van der Waals surface area contributed by atoms with Gasteiger partial charge in [0.05, 0.1) is 0 Å². The molecule has 0 bridgehead atoms. The molecule has 0 atom stereocenters. The topological polar surface area (TPSA) is 43.1 Å². The fourth-order valence-electron chi connectivity index (χ4n) is 2.01. The molecule has 0 amide bonds. The van der Waals surface area contributed by atoms with E-state index in [9.17, 15) is 54.0 Å². The summed E-state index contributed by atoms with van der Waals surface area (Å²) in [6.07, 6.45) is 1.43. The first kappa shape index (κ1) is 24.8. The predicted molar refractivity (Wildman–Crippen MR) is 88.8 cm³/mol. The van der Waals surface area contributed by atoms with E-state index in [2.05, 4.69) is 0 Å². The molecule has 0 spiro atoms. The second-order valence-corrected chi connectivity index (χ2v) is 7.56. The summed E-state index contributed by atoms with van der Waals surface area (Å²) in [6, 6.07) is 0. The van der Waals surface area contributed by atoms with Gasteiger partial charge in [-0.1, -0.05) is 10.4 Å². The van der Waals surface area contributed by atoms with Crippen LogP contribution in [0.3, 0.4) is 0 Å². The highest BCUT2D eigenvalue weighted by Gasteiger charge is 2.27. The highest BCUT2D eigenvalue weighted by Crippen LogP contribution is 2.37. The number of hydrogen-bond donors (Lipinski definition) is 0. The number of hydrogen-bond acceptors (Lipinski definition) is 4. The van der Waals surface area contributed by atoms with Crippen molar-refractivity contribution in [3.05, 3.63) is 89.9 Å². The van der Waals surface area contributed by atoms with Gasteiger partial charge in [0, 0.05) is 22.6 Å². The smallest absolute Gasteiger partial charge is 0.200 e. The Morgan fingerprint density at radius 2 is 0.871 bits per heavy atom. The largest absolute Gasteiger partial charge is 0.297 e. The molecule has 0 saturated carbocycles. The number of halogens is 10. The summed E-state index contributed by atoms with van der Waals surface area (Å²) in [6.45, 7) is 0. The minimum absolute atomic E-state index is 0.0817. The summed E-state index contributed by atoms with van der Waals surface area (Å²) in [4.78, 5) is 9.37. The Labute approximate surface area is 174 Å². The third-order valence-electron chi connectivity index (χ3n) is 3.48. The van der Waals surface area contributed by atoms with Crippen LogP contribution in [0.15, 0.2) is 4.24 Å². The van der Waals surface area contributed by atoms with Crippen molar-refractivity contribution in [1.29, 1.82) is 0 Å². The Balaban J connectivity index is 2.30. The van der Waals surface area contributed by atoms with Gasteiger partial charge >= 0.3 is 0 Å². The monoisotopic (exact) mass is 496 g/mol. The molecule has 0 saturated heterocycles. The molecule has 3 nitrogen and oxygen atoms in total. The van der Waals surface area contributed by atoms with Crippen LogP contribution in [0.4, 0.5) is 43.9 Å². The van der Waals surface area contributed by atoms with Gasteiger partial charge in [0.2, 0.25) is 11.6 Å². The van der Waals surface area contributed by atoms with Crippen molar-refractivity contribution in [2.75, 3.05) is 0 Å². The molecule has 0 N–H and O–H groups in total. The van der Waals surface area contributed by atoms with Gasteiger partial charge in [0.15, 0.2) is 46.5 Å². The van der Waals surface area contributed by atoms with Crippen LogP contribution in [0.25, 0.3) is 0 Å². The van der Waals surface area contributed by atoms with Gasteiger partial charge < -0.3 is 0 Å².